The number of benzene rings is 2. The number of nitrogens with zero attached hydrogens (tertiary/aromatic N) is 1. The van der Waals surface area contributed by atoms with Gasteiger partial charge in [0, 0.05) is 12.1 Å². The number of fused-ring (bicyclic) bond motifs is 1. The Morgan fingerprint density at radius 3 is 2.38 bits per heavy atom. The summed E-state index contributed by atoms with van der Waals surface area (Å²) < 4.78 is 10.7. The third-order valence-corrected chi connectivity index (χ3v) is 6.43. The van der Waals surface area contributed by atoms with Crippen molar-refractivity contribution in [3.05, 3.63) is 59.2 Å². The summed E-state index contributed by atoms with van der Waals surface area (Å²) in [6.07, 6.45) is 1.80. The number of aliphatic hydroxyl groups is 1. The lowest BCUT2D eigenvalue weighted by atomic mass is 9.82. The number of aliphatic hydroxyl groups excluding tert-OH is 1. The highest BCUT2D eigenvalue weighted by Gasteiger charge is 2.40. The van der Waals surface area contributed by atoms with E-state index < -0.39 is 6.10 Å². The van der Waals surface area contributed by atoms with E-state index in [9.17, 15) is 9.90 Å². The molecular weight excluding hydrogens is 366 g/mol. The Morgan fingerprint density at radius 2 is 1.72 bits per heavy atom. The highest BCUT2D eigenvalue weighted by atomic mass is 16.5. The summed E-state index contributed by atoms with van der Waals surface area (Å²) in [5.41, 5.74) is 2.92. The van der Waals surface area contributed by atoms with Crippen LogP contribution in [0, 0.1) is 11.8 Å². The molecule has 2 aliphatic rings. The number of piperidine rings is 1. The molecule has 29 heavy (non-hydrogen) atoms. The number of Topliss-reactive ketones (excluding diaryl/α,β-unsaturated/α-hetero) is 1. The van der Waals surface area contributed by atoms with Crippen LogP contribution in [0.2, 0.25) is 0 Å². The number of carbonyl (C=O) groups is 1. The molecule has 0 saturated carbocycles. The molecule has 0 amide bonds. The van der Waals surface area contributed by atoms with Crippen molar-refractivity contribution in [1.29, 1.82) is 0 Å². The molecule has 1 saturated heterocycles. The molecule has 2 aromatic rings. The first kappa shape index (κ1) is 19.9. The van der Waals surface area contributed by atoms with Crippen molar-refractivity contribution in [3.63, 3.8) is 0 Å². The molecule has 154 valence electrons. The molecule has 0 radical (unpaired) electrons. The number of ether oxygens (including phenoxy) is 2. The standard InChI is InChI=1S/C24H29NO4/c1-28-21-13-18-12-20(24(27)19(18)14-22(21)29-2)23(26)17-8-10-25(11-9-17)15-16-6-4-3-5-7-16/h3-7,13-14,17,20,23,26H,8-12,15H2,1-2H3/t20-,23?/m1/s1. The van der Waals surface area contributed by atoms with E-state index >= 15 is 0 Å². The molecule has 1 unspecified atom stereocenters. The highest BCUT2D eigenvalue weighted by Crippen LogP contribution is 2.39. The van der Waals surface area contributed by atoms with E-state index in [4.69, 9.17) is 9.47 Å². The van der Waals surface area contributed by atoms with Crippen LogP contribution in [0.15, 0.2) is 42.5 Å². The van der Waals surface area contributed by atoms with Gasteiger partial charge in [-0.05, 0) is 61.5 Å². The summed E-state index contributed by atoms with van der Waals surface area (Å²) in [5, 5.41) is 11.0. The van der Waals surface area contributed by atoms with Crippen LogP contribution in [0.25, 0.3) is 0 Å². The molecule has 1 N–H and O–H groups in total. The van der Waals surface area contributed by atoms with E-state index in [-0.39, 0.29) is 17.6 Å². The predicted molar refractivity (Wildman–Crippen MR) is 112 cm³/mol. The third-order valence-electron chi connectivity index (χ3n) is 6.43. The van der Waals surface area contributed by atoms with Crippen LogP contribution in [-0.2, 0) is 13.0 Å². The molecule has 5 heteroatoms. The Kier molecular flexibility index (Phi) is 5.88. The average molecular weight is 395 g/mol. The van der Waals surface area contributed by atoms with E-state index in [0.717, 1.165) is 38.0 Å². The smallest absolute Gasteiger partial charge is 0.169 e. The second-order valence-electron chi connectivity index (χ2n) is 8.13. The summed E-state index contributed by atoms with van der Waals surface area (Å²) in [4.78, 5) is 15.4. The molecule has 2 aromatic carbocycles. The molecule has 1 aliphatic carbocycles. The van der Waals surface area contributed by atoms with Gasteiger partial charge in [-0.1, -0.05) is 30.3 Å². The molecule has 1 aliphatic heterocycles. The number of hydrogen-bond donors (Lipinski definition) is 1. The molecule has 0 aromatic heterocycles. The van der Waals surface area contributed by atoms with Crippen LogP contribution < -0.4 is 9.47 Å². The molecule has 4 rings (SSSR count). The average Bonchev–Trinajstić information content (AvgIpc) is 3.09. The summed E-state index contributed by atoms with van der Waals surface area (Å²) in [6, 6.07) is 14.1. The number of ketones is 1. The van der Waals surface area contributed by atoms with Crippen molar-refractivity contribution < 1.29 is 19.4 Å². The Bertz CT molecular complexity index is 859. The summed E-state index contributed by atoms with van der Waals surface area (Å²) in [5.74, 6) is 1.01. The van der Waals surface area contributed by atoms with Crippen molar-refractivity contribution in [3.8, 4) is 11.5 Å². The van der Waals surface area contributed by atoms with Gasteiger partial charge < -0.3 is 14.6 Å². The second kappa shape index (κ2) is 8.56. The van der Waals surface area contributed by atoms with E-state index in [1.807, 2.05) is 12.1 Å². The minimum atomic E-state index is -0.606. The third kappa shape index (κ3) is 4.02. The SMILES string of the molecule is COc1cc2c(cc1OC)C(=O)[C@@H](C(O)C1CCN(Cc3ccccc3)CC1)C2. The van der Waals surface area contributed by atoms with Crippen LogP contribution in [0.4, 0.5) is 0 Å². The Balaban J connectivity index is 1.39. The minimum absolute atomic E-state index is 0.0279. The summed E-state index contributed by atoms with van der Waals surface area (Å²) in [6.45, 7) is 2.84. The topological polar surface area (TPSA) is 59.0 Å². The van der Waals surface area contributed by atoms with E-state index in [1.165, 1.54) is 5.56 Å². The van der Waals surface area contributed by atoms with Gasteiger partial charge in [0.2, 0.25) is 0 Å². The molecule has 2 atom stereocenters. The molecular formula is C24H29NO4. The second-order valence-corrected chi connectivity index (χ2v) is 8.13. The molecule has 0 bridgehead atoms. The Morgan fingerprint density at radius 1 is 1.07 bits per heavy atom. The number of likely N-dealkylation sites (tertiary alicyclic amines) is 1. The fourth-order valence-electron chi connectivity index (χ4n) is 4.75. The Labute approximate surface area is 172 Å². The van der Waals surface area contributed by atoms with Crippen molar-refractivity contribution in [2.75, 3.05) is 27.3 Å². The van der Waals surface area contributed by atoms with Crippen LogP contribution >= 0.6 is 0 Å². The van der Waals surface area contributed by atoms with Gasteiger partial charge >= 0.3 is 0 Å². The van der Waals surface area contributed by atoms with Crippen LogP contribution in [0.1, 0.15) is 34.3 Å². The van der Waals surface area contributed by atoms with Crippen LogP contribution in [-0.4, -0.2) is 49.2 Å². The fourth-order valence-corrected chi connectivity index (χ4v) is 4.75. The van der Waals surface area contributed by atoms with Gasteiger partial charge in [0.15, 0.2) is 17.3 Å². The minimum Gasteiger partial charge on any atom is -0.493 e. The van der Waals surface area contributed by atoms with Gasteiger partial charge in [-0.25, -0.2) is 0 Å². The fraction of sp³-hybridized carbons (Fsp3) is 0.458. The van der Waals surface area contributed by atoms with Gasteiger partial charge in [0.1, 0.15) is 0 Å². The maximum atomic E-state index is 13.0. The van der Waals surface area contributed by atoms with Crippen molar-refractivity contribution >= 4 is 5.78 Å². The number of rotatable bonds is 6. The number of carbonyl (C=O) groups excluding carboxylic acids is 1. The first-order chi connectivity index (χ1) is 14.1. The lowest BCUT2D eigenvalue weighted by Crippen LogP contribution is -2.41. The van der Waals surface area contributed by atoms with Crippen molar-refractivity contribution in [2.24, 2.45) is 11.8 Å². The van der Waals surface area contributed by atoms with Crippen LogP contribution in [0.5, 0.6) is 11.5 Å². The molecule has 5 nitrogen and oxygen atoms in total. The first-order valence-electron chi connectivity index (χ1n) is 10.3. The van der Waals surface area contributed by atoms with Crippen LogP contribution in [0.3, 0.4) is 0 Å². The lowest BCUT2D eigenvalue weighted by molar-refractivity contribution is 0.0202. The molecule has 0 spiro atoms. The maximum Gasteiger partial charge on any atom is 0.169 e. The van der Waals surface area contributed by atoms with Gasteiger partial charge in [0.05, 0.1) is 26.2 Å². The van der Waals surface area contributed by atoms with Gasteiger partial charge in [-0.2, -0.15) is 0 Å². The molecule has 1 fully saturated rings. The van der Waals surface area contributed by atoms with Gasteiger partial charge in [0.25, 0.3) is 0 Å². The summed E-state index contributed by atoms with van der Waals surface area (Å²) in [7, 11) is 3.16. The largest absolute Gasteiger partial charge is 0.493 e. The van der Waals surface area contributed by atoms with E-state index in [0.29, 0.717) is 23.5 Å². The summed E-state index contributed by atoms with van der Waals surface area (Å²) >= 11 is 0. The predicted octanol–water partition coefficient (Wildman–Crippen LogP) is 3.33. The highest BCUT2D eigenvalue weighted by molar-refractivity contribution is 6.03. The number of hydrogen-bond acceptors (Lipinski definition) is 5. The zero-order chi connectivity index (χ0) is 20.4. The first-order valence-corrected chi connectivity index (χ1v) is 10.3. The van der Waals surface area contributed by atoms with E-state index in [1.54, 1.807) is 20.3 Å². The van der Waals surface area contributed by atoms with Crippen molar-refractivity contribution in [1.82, 2.24) is 4.90 Å². The molecule has 1 heterocycles. The zero-order valence-electron chi connectivity index (χ0n) is 17.1. The maximum absolute atomic E-state index is 13.0. The van der Waals surface area contributed by atoms with Gasteiger partial charge in [-0.3, -0.25) is 9.69 Å². The van der Waals surface area contributed by atoms with E-state index in [2.05, 4.69) is 29.2 Å². The van der Waals surface area contributed by atoms with Crippen molar-refractivity contribution in [2.45, 2.75) is 31.9 Å². The normalized spacial score (nSPS) is 21.1. The number of methoxy groups -OCH3 is 2. The lowest BCUT2D eigenvalue weighted by Gasteiger charge is -2.35. The monoisotopic (exact) mass is 395 g/mol. The quantitative estimate of drug-likeness (QED) is 0.813. The zero-order valence-corrected chi connectivity index (χ0v) is 17.1. The Hall–Kier alpha value is -2.37. The van der Waals surface area contributed by atoms with Gasteiger partial charge in [-0.15, -0.1) is 0 Å².